The maximum atomic E-state index is 12.1. The Hall–Kier alpha value is -0.970. The number of sulfonamides is 1. The summed E-state index contributed by atoms with van der Waals surface area (Å²) in [4.78, 5) is 13.9. The highest BCUT2D eigenvalue weighted by molar-refractivity contribution is 8.01. The van der Waals surface area contributed by atoms with Gasteiger partial charge in [-0.1, -0.05) is 29.7 Å². The van der Waals surface area contributed by atoms with Gasteiger partial charge in [0.05, 0.1) is 5.75 Å². The highest BCUT2D eigenvalue weighted by Crippen LogP contribution is 2.22. The number of thioether (sulfide) groups is 1. The third-order valence-corrected chi connectivity index (χ3v) is 6.28. The van der Waals surface area contributed by atoms with E-state index in [1.807, 2.05) is 6.92 Å². The summed E-state index contributed by atoms with van der Waals surface area (Å²) in [5.41, 5.74) is 0. The van der Waals surface area contributed by atoms with Crippen LogP contribution in [0.15, 0.2) is 16.3 Å². The molecule has 0 atom stereocenters. The second-order valence-corrected chi connectivity index (χ2v) is 8.92. The van der Waals surface area contributed by atoms with Crippen LogP contribution in [0.2, 0.25) is 0 Å². The number of aromatic nitrogens is 2. The molecule has 1 aliphatic rings. The second kappa shape index (κ2) is 7.53. The SMILES string of the molecule is C=CS(=O)(=O)NC1CCN(C(=O)CSc2nnc(C)s2)CC1. The van der Waals surface area contributed by atoms with E-state index < -0.39 is 10.0 Å². The number of rotatable bonds is 6. The number of amides is 1. The van der Waals surface area contributed by atoms with Crippen LogP contribution in [0.3, 0.4) is 0 Å². The minimum Gasteiger partial charge on any atom is -0.342 e. The first kappa shape index (κ1) is 17.4. The predicted octanol–water partition coefficient (Wildman–Crippen LogP) is 0.993. The molecule has 1 aromatic rings. The number of hydrogen-bond donors (Lipinski definition) is 1. The van der Waals surface area contributed by atoms with Gasteiger partial charge in [-0.15, -0.1) is 10.2 Å². The fourth-order valence-electron chi connectivity index (χ4n) is 2.08. The highest BCUT2D eigenvalue weighted by atomic mass is 32.2. The van der Waals surface area contributed by atoms with Crippen molar-refractivity contribution in [2.45, 2.75) is 30.1 Å². The molecule has 7 nitrogen and oxygen atoms in total. The molecule has 0 bridgehead atoms. The number of likely N-dealkylation sites (tertiary alicyclic amines) is 1. The van der Waals surface area contributed by atoms with Crippen molar-refractivity contribution >= 4 is 39.0 Å². The van der Waals surface area contributed by atoms with Crippen molar-refractivity contribution in [3.63, 3.8) is 0 Å². The van der Waals surface area contributed by atoms with Crippen molar-refractivity contribution < 1.29 is 13.2 Å². The van der Waals surface area contributed by atoms with Crippen LogP contribution < -0.4 is 4.72 Å². The number of piperidine rings is 1. The van der Waals surface area contributed by atoms with E-state index in [1.54, 1.807) is 4.90 Å². The van der Waals surface area contributed by atoms with Crippen LogP contribution >= 0.6 is 23.1 Å². The third kappa shape index (κ3) is 5.04. The summed E-state index contributed by atoms with van der Waals surface area (Å²) in [6.45, 7) is 6.25. The van der Waals surface area contributed by atoms with Crippen LogP contribution in [-0.4, -0.2) is 54.3 Å². The van der Waals surface area contributed by atoms with E-state index in [0.717, 1.165) is 14.8 Å². The number of nitrogens with one attached hydrogen (secondary N) is 1. The first-order valence-corrected chi connectivity index (χ1v) is 10.1. The van der Waals surface area contributed by atoms with Gasteiger partial charge in [0.25, 0.3) is 0 Å². The van der Waals surface area contributed by atoms with Crippen molar-refractivity contribution in [3.05, 3.63) is 17.0 Å². The Morgan fingerprint density at radius 2 is 2.18 bits per heavy atom. The van der Waals surface area contributed by atoms with E-state index in [1.165, 1.54) is 23.1 Å². The molecule has 1 fully saturated rings. The lowest BCUT2D eigenvalue weighted by Gasteiger charge is -2.31. The molecule has 2 heterocycles. The summed E-state index contributed by atoms with van der Waals surface area (Å²) in [5, 5.41) is 9.67. The average Bonchev–Trinajstić information content (AvgIpc) is 2.91. The van der Waals surface area contributed by atoms with Gasteiger partial charge in [-0.3, -0.25) is 4.79 Å². The number of carbonyl (C=O) groups is 1. The van der Waals surface area contributed by atoms with Crippen molar-refractivity contribution in [1.29, 1.82) is 0 Å². The van der Waals surface area contributed by atoms with E-state index >= 15 is 0 Å². The summed E-state index contributed by atoms with van der Waals surface area (Å²) >= 11 is 2.86. The van der Waals surface area contributed by atoms with Crippen molar-refractivity contribution in [2.24, 2.45) is 0 Å². The van der Waals surface area contributed by atoms with Gasteiger partial charge in [0, 0.05) is 24.5 Å². The van der Waals surface area contributed by atoms with Crippen LogP contribution in [0, 0.1) is 6.92 Å². The summed E-state index contributed by atoms with van der Waals surface area (Å²) in [6.07, 6.45) is 1.22. The van der Waals surface area contributed by atoms with E-state index in [2.05, 4.69) is 21.5 Å². The lowest BCUT2D eigenvalue weighted by Crippen LogP contribution is -2.46. The van der Waals surface area contributed by atoms with Crippen molar-refractivity contribution in [1.82, 2.24) is 19.8 Å². The second-order valence-electron chi connectivity index (χ2n) is 4.86. The molecule has 22 heavy (non-hydrogen) atoms. The molecule has 1 amide bonds. The molecule has 0 aromatic carbocycles. The van der Waals surface area contributed by atoms with Gasteiger partial charge in [0.2, 0.25) is 15.9 Å². The van der Waals surface area contributed by atoms with Gasteiger partial charge in [-0.05, 0) is 19.8 Å². The van der Waals surface area contributed by atoms with E-state index in [4.69, 9.17) is 0 Å². The quantitative estimate of drug-likeness (QED) is 0.759. The normalized spacial score (nSPS) is 16.7. The van der Waals surface area contributed by atoms with Crippen LogP contribution in [-0.2, 0) is 14.8 Å². The van der Waals surface area contributed by atoms with Gasteiger partial charge in [-0.2, -0.15) is 0 Å². The van der Waals surface area contributed by atoms with Crippen molar-refractivity contribution in [2.75, 3.05) is 18.8 Å². The molecule has 122 valence electrons. The molecule has 0 saturated carbocycles. The molecule has 1 saturated heterocycles. The standard InChI is InChI=1S/C12H18N4O3S3/c1-3-22(18,19)15-10-4-6-16(7-5-10)11(17)8-20-12-14-13-9(2)21-12/h3,10,15H,1,4-8H2,2H3. The molecular formula is C12H18N4O3S3. The fourth-order valence-corrected chi connectivity index (χ4v) is 4.59. The molecule has 0 radical (unpaired) electrons. The number of nitrogens with zero attached hydrogens (tertiary/aromatic N) is 3. The van der Waals surface area contributed by atoms with Gasteiger partial charge in [-0.25, -0.2) is 13.1 Å². The molecule has 0 spiro atoms. The Bertz CT molecular complexity index is 636. The highest BCUT2D eigenvalue weighted by Gasteiger charge is 2.25. The van der Waals surface area contributed by atoms with Crippen LogP contribution in [0.25, 0.3) is 0 Å². The van der Waals surface area contributed by atoms with Gasteiger partial charge < -0.3 is 4.90 Å². The fraction of sp³-hybridized carbons (Fsp3) is 0.583. The molecule has 0 unspecified atom stereocenters. The maximum Gasteiger partial charge on any atom is 0.233 e. The predicted molar refractivity (Wildman–Crippen MR) is 87.2 cm³/mol. The maximum absolute atomic E-state index is 12.1. The minimum atomic E-state index is -3.41. The molecule has 1 N–H and O–H groups in total. The Balaban J connectivity index is 1.76. The molecular weight excluding hydrogens is 344 g/mol. The summed E-state index contributed by atoms with van der Waals surface area (Å²) < 4.78 is 26.2. The monoisotopic (exact) mass is 362 g/mol. The zero-order valence-corrected chi connectivity index (χ0v) is 14.6. The number of aryl methyl sites for hydroxylation is 1. The zero-order valence-electron chi connectivity index (χ0n) is 12.2. The van der Waals surface area contributed by atoms with E-state index in [-0.39, 0.29) is 11.9 Å². The summed E-state index contributed by atoms with van der Waals surface area (Å²) in [5.74, 6) is 0.375. The van der Waals surface area contributed by atoms with Gasteiger partial charge >= 0.3 is 0 Å². The Morgan fingerprint density at radius 3 is 2.73 bits per heavy atom. The molecule has 1 aliphatic heterocycles. The van der Waals surface area contributed by atoms with Gasteiger partial charge in [0.1, 0.15) is 5.01 Å². The Labute approximate surface area is 138 Å². The largest absolute Gasteiger partial charge is 0.342 e. The minimum absolute atomic E-state index is 0.0443. The lowest BCUT2D eigenvalue weighted by atomic mass is 10.1. The Kier molecular flexibility index (Phi) is 5.95. The zero-order chi connectivity index (χ0) is 16.2. The molecule has 0 aliphatic carbocycles. The summed E-state index contributed by atoms with van der Waals surface area (Å²) in [6, 6.07) is -0.134. The van der Waals surface area contributed by atoms with E-state index in [9.17, 15) is 13.2 Å². The van der Waals surface area contributed by atoms with Crippen molar-refractivity contribution in [3.8, 4) is 0 Å². The van der Waals surface area contributed by atoms with Crippen LogP contribution in [0.4, 0.5) is 0 Å². The molecule has 1 aromatic heterocycles. The van der Waals surface area contributed by atoms with Gasteiger partial charge in [0.15, 0.2) is 4.34 Å². The summed E-state index contributed by atoms with van der Waals surface area (Å²) in [7, 11) is -3.41. The van der Waals surface area contributed by atoms with Crippen LogP contribution in [0.5, 0.6) is 0 Å². The molecule has 10 heteroatoms. The average molecular weight is 363 g/mol. The first-order valence-electron chi connectivity index (χ1n) is 6.75. The van der Waals surface area contributed by atoms with E-state index in [0.29, 0.717) is 31.7 Å². The number of carbonyl (C=O) groups excluding carboxylic acids is 1. The van der Waals surface area contributed by atoms with Crippen LogP contribution in [0.1, 0.15) is 17.8 Å². The topological polar surface area (TPSA) is 92.3 Å². The Morgan fingerprint density at radius 1 is 1.50 bits per heavy atom. The first-order chi connectivity index (χ1) is 10.4. The smallest absolute Gasteiger partial charge is 0.233 e. The molecule has 2 rings (SSSR count). The number of hydrogen-bond acceptors (Lipinski definition) is 7. The third-order valence-electron chi connectivity index (χ3n) is 3.22. The lowest BCUT2D eigenvalue weighted by molar-refractivity contribution is -0.129.